The molecule has 0 spiro atoms. The molecule has 7 nitrogen and oxygen atoms in total. The van der Waals surface area contributed by atoms with Crippen LogP contribution in [0, 0.1) is 5.92 Å². The van der Waals surface area contributed by atoms with Crippen LogP contribution in [0.15, 0.2) is 0 Å². The lowest BCUT2D eigenvalue weighted by Gasteiger charge is -2.33. The fourth-order valence-corrected chi connectivity index (χ4v) is 5.83. The van der Waals surface area contributed by atoms with E-state index in [9.17, 15) is 27.1 Å². The number of carboxylic acids is 1. The van der Waals surface area contributed by atoms with E-state index < -0.39 is 45.5 Å². The molecule has 6 unspecified atom stereocenters. The molecule has 3 rings (SSSR count). The summed E-state index contributed by atoms with van der Waals surface area (Å²) in [5.41, 5.74) is 2.99. The summed E-state index contributed by atoms with van der Waals surface area (Å²) in [6.07, 6.45) is 0.905. The van der Waals surface area contributed by atoms with Crippen molar-refractivity contribution in [3.63, 3.8) is 0 Å². The predicted molar refractivity (Wildman–Crippen MR) is 91.4 cm³/mol. The van der Waals surface area contributed by atoms with Crippen LogP contribution in [-0.4, -0.2) is 67.3 Å². The standard InChI is InChI=1S/C16H27F2N3O4S/c17-10-5-6-14(12(7-10)16(22)23)20-26(24,25)11-8-19-21(9-11)15-4-2-1-3-13(15)18/h10-15,19-20H,1-9H2,(H,22,23). The first-order chi connectivity index (χ1) is 12.3. The first kappa shape index (κ1) is 19.9. The molecule has 2 aliphatic carbocycles. The number of hydrogen-bond acceptors (Lipinski definition) is 5. The van der Waals surface area contributed by atoms with Gasteiger partial charge < -0.3 is 5.11 Å². The quantitative estimate of drug-likeness (QED) is 0.642. The van der Waals surface area contributed by atoms with Gasteiger partial charge in [0.25, 0.3) is 0 Å². The van der Waals surface area contributed by atoms with Crippen molar-refractivity contribution in [1.29, 1.82) is 0 Å². The third-order valence-corrected chi connectivity index (χ3v) is 7.65. The van der Waals surface area contributed by atoms with Gasteiger partial charge in [-0.25, -0.2) is 26.9 Å². The van der Waals surface area contributed by atoms with Crippen LogP contribution in [0.4, 0.5) is 8.78 Å². The van der Waals surface area contributed by atoms with Crippen LogP contribution >= 0.6 is 0 Å². The average molecular weight is 395 g/mol. The Labute approximate surface area is 152 Å². The maximum Gasteiger partial charge on any atom is 0.308 e. The number of rotatable bonds is 5. The predicted octanol–water partition coefficient (Wildman–Crippen LogP) is 0.967. The molecule has 0 aromatic rings. The normalized spacial score (nSPS) is 39.8. The van der Waals surface area contributed by atoms with E-state index in [4.69, 9.17) is 0 Å². The van der Waals surface area contributed by atoms with Gasteiger partial charge in [0.05, 0.1) is 12.0 Å². The van der Waals surface area contributed by atoms with Crippen molar-refractivity contribution in [3.8, 4) is 0 Å². The highest BCUT2D eigenvalue weighted by Gasteiger charge is 2.43. The zero-order chi connectivity index (χ0) is 18.9. The molecule has 26 heavy (non-hydrogen) atoms. The number of nitrogens with one attached hydrogen (secondary N) is 2. The van der Waals surface area contributed by atoms with Crippen LogP contribution in [0.1, 0.15) is 44.9 Å². The monoisotopic (exact) mass is 395 g/mol. The Balaban J connectivity index is 1.62. The number of hydrazine groups is 1. The molecule has 3 N–H and O–H groups in total. The van der Waals surface area contributed by atoms with Gasteiger partial charge in [-0.15, -0.1) is 0 Å². The first-order valence-corrected chi connectivity index (χ1v) is 10.8. The highest BCUT2D eigenvalue weighted by atomic mass is 32.2. The number of halogens is 2. The van der Waals surface area contributed by atoms with Crippen molar-refractivity contribution in [2.75, 3.05) is 13.1 Å². The topological polar surface area (TPSA) is 98.7 Å². The van der Waals surface area contributed by atoms with Crippen LogP contribution in [0.25, 0.3) is 0 Å². The zero-order valence-corrected chi connectivity index (χ0v) is 15.4. The molecule has 2 saturated carbocycles. The Kier molecular flexibility index (Phi) is 6.15. The Morgan fingerprint density at radius 2 is 1.88 bits per heavy atom. The van der Waals surface area contributed by atoms with Crippen molar-refractivity contribution >= 4 is 16.0 Å². The average Bonchev–Trinajstić information content (AvgIpc) is 3.07. The molecular formula is C16H27F2N3O4S. The highest BCUT2D eigenvalue weighted by molar-refractivity contribution is 7.90. The molecule has 3 fully saturated rings. The summed E-state index contributed by atoms with van der Waals surface area (Å²) >= 11 is 0. The number of carbonyl (C=O) groups is 1. The molecule has 150 valence electrons. The first-order valence-electron chi connectivity index (χ1n) is 9.30. The van der Waals surface area contributed by atoms with Gasteiger partial charge in [-0.1, -0.05) is 12.8 Å². The summed E-state index contributed by atoms with van der Waals surface area (Å²) < 4.78 is 55.5. The minimum absolute atomic E-state index is 0.150. The Morgan fingerprint density at radius 1 is 1.15 bits per heavy atom. The molecule has 1 heterocycles. The number of alkyl halides is 2. The Bertz CT molecular complexity index is 621. The van der Waals surface area contributed by atoms with E-state index in [0.717, 1.165) is 12.8 Å². The van der Waals surface area contributed by atoms with Crippen LogP contribution in [0.5, 0.6) is 0 Å². The molecule has 0 aromatic carbocycles. The minimum atomic E-state index is -3.80. The largest absolute Gasteiger partial charge is 0.481 e. The number of nitrogens with zero attached hydrogens (tertiary/aromatic N) is 1. The second-order valence-electron chi connectivity index (χ2n) is 7.63. The number of carboxylic acid groups (broad SMARTS) is 1. The Morgan fingerprint density at radius 3 is 2.58 bits per heavy atom. The van der Waals surface area contributed by atoms with Gasteiger partial charge in [0.2, 0.25) is 10.0 Å². The van der Waals surface area contributed by atoms with Crippen LogP contribution in [0.3, 0.4) is 0 Å². The van der Waals surface area contributed by atoms with Crippen molar-refractivity contribution in [2.45, 2.75) is 74.6 Å². The number of hydrogen-bond donors (Lipinski definition) is 3. The summed E-state index contributed by atoms with van der Waals surface area (Å²) in [4.78, 5) is 11.3. The molecule has 1 saturated heterocycles. The van der Waals surface area contributed by atoms with E-state index in [1.54, 1.807) is 5.01 Å². The molecule has 0 radical (unpaired) electrons. The lowest BCUT2D eigenvalue weighted by atomic mass is 9.84. The second-order valence-corrected chi connectivity index (χ2v) is 9.62. The lowest BCUT2D eigenvalue weighted by molar-refractivity contribution is -0.144. The van der Waals surface area contributed by atoms with E-state index in [1.165, 1.54) is 0 Å². The van der Waals surface area contributed by atoms with E-state index in [1.807, 2.05) is 0 Å². The molecule has 3 aliphatic rings. The van der Waals surface area contributed by atoms with E-state index in [-0.39, 0.29) is 38.4 Å². The third-order valence-electron chi connectivity index (χ3n) is 5.83. The maximum absolute atomic E-state index is 14.1. The SMILES string of the molecule is O=C(O)C1CC(F)CCC1NS(=O)(=O)C1CNN(C2CCCCC2F)C1. The van der Waals surface area contributed by atoms with Crippen LogP contribution in [0.2, 0.25) is 0 Å². The summed E-state index contributed by atoms with van der Waals surface area (Å²) in [6, 6.07) is -1.13. The van der Waals surface area contributed by atoms with Crippen molar-refractivity contribution in [3.05, 3.63) is 0 Å². The summed E-state index contributed by atoms with van der Waals surface area (Å²) in [6.45, 7) is 0.325. The van der Waals surface area contributed by atoms with Gasteiger partial charge >= 0.3 is 5.97 Å². The lowest BCUT2D eigenvalue weighted by Crippen LogP contribution is -2.51. The van der Waals surface area contributed by atoms with Gasteiger partial charge in [0, 0.05) is 19.1 Å². The molecule has 1 aliphatic heterocycles. The Hall–Kier alpha value is -0.840. The van der Waals surface area contributed by atoms with Gasteiger partial charge in [0.1, 0.15) is 17.6 Å². The second kappa shape index (κ2) is 8.04. The fraction of sp³-hybridized carbons (Fsp3) is 0.938. The number of sulfonamides is 1. The minimum Gasteiger partial charge on any atom is -0.481 e. The molecule has 6 atom stereocenters. The van der Waals surface area contributed by atoms with E-state index >= 15 is 0 Å². The summed E-state index contributed by atoms with van der Waals surface area (Å²) in [5, 5.41) is 10.2. The van der Waals surface area contributed by atoms with Crippen molar-refractivity contribution in [1.82, 2.24) is 15.2 Å². The van der Waals surface area contributed by atoms with Crippen LogP contribution < -0.4 is 10.1 Å². The van der Waals surface area contributed by atoms with Crippen molar-refractivity contribution in [2.24, 2.45) is 5.92 Å². The van der Waals surface area contributed by atoms with Crippen LogP contribution in [-0.2, 0) is 14.8 Å². The molecule has 10 heteroatoms. The van der Waals surface area contributed by atoms with Crippen molar-refractivity contribution < 1.29 is 27.1 Å². The third kappa shape index (κ3) is 4.35. The van der Waals surface area contributed by atoms with Gasteiger partial charge in [-0.05, 0) is 32.1 Å². The summed E-state index contributed by atoms with van der Waals surface area (Å²) in [5.74, 6) is -2.25. The van der Waals surface area contributed by atoms with E-state index in [0.29, 0.717) is 12.8 Å². The zero-order valence-electron chi connectivity index (χ0n) is 14.6. The molecule has 0 aromatic heterocycles. The highest BCUT2D eigenvalue weighted by Crippen LogP contribution is 2.29. The fourth-order valence-electron chi connectivity index (χ4n) is 4.29. The molecule has 0 amide bonds. The number of aliphatic carboxylic acids is 1. The molecule has 0 bridgehead atoms. The van der Waals surface area contributed by atoms with Gasteiger partial charge in [-0.3, -0.25) is 10.2 Å². The van der Waals surface area contributed by atoms with E-state index in [2.05, 4.69) is 10.1 Å². The maximum atomic E-state index is 14.1. The van der Waals surface area contributed by atoms with Gasteiger partial charge in [0.15, 0.2) is 0 Å². The van der Waals surface area contributed by atoms with Gasteiger partial charge in [-0.2, -0.15) is 0 Å². The molecular weight excluding hydrogens is 368 g/mol. The smallest absolute Gasteiger partial charge is 0.308 e. The summed E-state index contributed by atoms with van der Waals surface area (Å²) in [7, 11) is -3.80.